The van der Waals surface area contributed by atoms with Gasteiger partial charge in [0.1, 0.15) is 17.7 Å². The van der Waals surface area contributed by atoms with Crippen LogP contribution in [0.5, 0.6) is 0 Å². The van der Waals surface area contributed by atoms with Crippen molar-refractivity contribution in [2.75, 3.05) is 19.6 Å². The lowest BCUT2D eigenvalue weighted by molar-refractivity contribution is -0.141. The van der Waals surface area contributed by atoms with E-state index in [-0.39, 0.29) is 37.1 Å². The predicted octanol–water partition coefficient (Wildman–Crippen LogP) is 3.22. The molecule has 0 radical (unpaired) electrons. The number of aromatic nitrogens is 2. The summed E-state index contributed by atoms with van der Waals surface area (Å²) in [6, 6.07) is 7.88. The highest BCUT2D eigenvalue weighted by molar-refractivity contribution is 7.13. The molecule has 2 aromatic heterocycles. The molecular weight excluding hydrogens is 568 g/mol. The Labute approximate surface area is 256 Å². The van der Waals surface area contributed by atoms with E-state index in [9.17, 15) is 19.5 Å². The van der Waals surface area contributed by atoms with E-state index >= 15 is 0 Å². The molecule has 43 heavy (non-hydrogen) atoms. The van der Waals surface area contributed by atoms with Crippen LogP contribution in [0, 0.1) is 19.8 Å². The fourth-order valence-electron chi connectivity index (χ4n) is 5.47. The minimum atomic E-state index is -0.901. The second kappa shape index (κ2) is 14.7. The summed E-state index contributed by atoms with van der Waals surface area (Å²) < 4.78 is 5.43. The second-order valence-electron chi connectivity index (χ2n) is 11.5. The third-order valence-electron chi connectivity index (χ3n) is 7.73. The van der Waals surface area contributed by atoms with Crippen molar-refractivity contribution in [2.45, 2.75) is 77.5 Å². The van der Waals surface area contributed by atoms with Crippen molar-refractivity contribution >= 4 is 29.1 Å². The Morgan fingerprint density at radius 1 is 1.19 bits per heavy atom. The number of hydrogen-bond acceptors (Lipinski definition) is 9. The van der Waals surface area contributed by atoms with Crippen molar-refractivity contribution in [3.63, 3.8) is 0 Å². The first-order valence-electron chi connectivity index (χ1n) is 14.8. The van der Waals surface area contributed by atoms with Crippen molar-refractivity contribution in [2.24, 2.45) is 11.7 Å². The minimum absolute atomic E-state index is 0.0163. The van der Waals surface area contributed by atoms with Crippen molar-refractivity contribution in [3.8, 4) is 10.4 Å². The van der Waals surface area contributed by atoms with Crippen LogP contribution in [0.15, 0.2) is 40.4 Å². The molecule has 232 valence electrons. The van der Waals surface area contributed by atoms with Crippen LogP contribution in [-0.4, -0.2) is 69.6 Å². The molecule has 1 aromatic carbocycles. The van der Waals surface area contributed by atoms with Crippen LogP contribution < -0.4 is 16.4 Å². The number of aliphatic hydroxyl groups is 1. The van der Waals surface area contributed by atoms with Gasteiger partial charge in [-0.05, 0) is 50.3 Å². The zero-order chi connectivity index (χ0) is 31.1. The number of unbranched alkanes of at least 4 members (excludes halogenated alkanes) is 1. The fourth-order valence-corrected chi connectivity index (χ4v) is 6.28. The monoisotopic (exact) mass is 610 g/mol. The zero-order valence-electron chi connectivity index (χ0n) is 25.2. The smallest absolute Gasteiger partial charge is 0.243 e. The third kappa shape index (κ3) is 8.07. The van der Waals surface area contributed by atoms with Crippen LogP contribution in [0.2, 0.25) is 0 Å². The number of benzene rings is 1. The average Bonchev–Trinajstić information content (AvgIpc) is 3.70. The van der Waals surface area contributed by atoms with E-state index in [0.717, 1.165) is 34.5 Å². The SMILES string of the molecule is Cc1cc([C@H](C(=O)N2C[C@H](O)C[C@H]2C(=O)N[C@@H](CC(=O)NCCCCN)c2ccc(-c3scnc3C)cc2)C(C)C)on1. The van der Waals surface area contributed by atoms with Crippen LogP contribution in [0.25, 0.3) is 10.4 Å². The Balaban J connectivity index is 1.55. The summed E-state index contributed by atoms with van der Waals surface area (Å²) in [5.74, 6) is -1.29. The van der Waals surface area contributed by atoms with Crippen LogP contribution in [0.4, 0.5) is 0 Å². The summed E-state index contributed by atoms with van der Waals surface area (Å²) in [5.41, 5.74) is 10.7. The number of hydrogen-bond donors (Lipinski definition) is 4. The van der Waals surface area contributed by atoms with Crippen LogP contribution in [-0.2, 0) is 14.4 Å². The van der Waals surface area contributed by atoms with E-state index in [2.05, 4.69) is 20.8 Å². The molecule has 0 spiro atoms. The van der Waals surface area contributed by atoms with Crippen LogP contribution in [0.1, 0.15) is 74.2 Å². The molecule has 11 nitrogen and oxygen atoms in total. The Morgan fingerprint density at radius 3 is 2.53 bits per heavy atom. The lowest BCUT2D eigenvalue weighted by Crippen LogP contribution is -2.49. The number of carbonyl (C=O) groups is 3. The van der Waals surface area contributed by atoms with E-state index in [1.54, 1.807) is 29.8 Å². The van der Waals surface area contributed by atoms with Gasteiger partial charge in [0.05, 0.1) is 40.3 Å². The molecule has 1 aliphatic heterocycles. The highest BCUT2D eigenvalue weighted by Gasteiger charge is 2.43. The zero-order valence-corrected chi connectivity index (χ0v) is 26.0. The minimum Gasteiger partial charge on any atom is -0.391 e. The van der Waals surface area contributed by atoms with Gasteiger partial charge in [-0.1, -0.05) is 43.3 Å². The summed E-state index contributed by atoms with van der Waals surface area (Å²) in [6.45, 7) is 8.62. The van der Waals surface area contributed by atoms with E-state index in [0.29, 0.717) is 24.5 Å². The van der Waals surface area contributed by atoms with Gasteiger partial charge in [0.15, 0.2) is 0 Å². The molecule has 0 saturated carbocycles. The molecule has 4 rings (SSSR count). The largest absolute Gasteiger partial charge is 0.391 e. The molecule has 4 atom stereocenters. The van der Waals surface area contributed by atoms with Gasteiger partial charge in [-0.25, -0.2) is 4.98 Å². The number of nitrogens with one attached hydrogen (secondary N) is 2. The maximum atomic E-state index is 13.8. The lowest BCUT2D eigenvalue weighted by atomic mass is 9.91. The molecular formula is C31H42N6O5S. The summed E-state index contributed by atoms with van der Waals surface area (Å²) >= 11 is 1.55. The Hall–Kier alpha value is -3.61. The number of amides is 3. The number of β-amino-alcohol motifs (C(OH)–C–C–N with tert-alkyl or cyclic N) is 1. The molecule has 1 saturated heterocycles. The summed E-state index contributed by atoms with van der Waals surface area (Å²) in [4.78, 5) is 47.3. The maximum absolute atomic E-state index is 13.8. The van der Waals surface area contributed by atoms with E-state index in [1.165, 1.54) is 4.90 Å². The number of aryl methyl sites for hydroxylation is 2. The van der Waals surface area contributed by atoms with Crippen molar-refractivity contribution < 1.29 is 24.0 Å². The first kappa shape index (κ1) is 32.3. The molecule has 0 aliphatic carbocycles. The first-order chi connectivity index (χ1) is 20.6. The molecule has 0 unspecified atom stereocenters. The number of aliphatic hydroxyl groups excluding tert-OH is 1. The maximum Gasteiger partial charge on any atom is 0.243 e. The van der Waals surface area contributed by atoms with Crippen LogP contribution in [0.3, 0.4) is 0 Å². The van der Waals surface area contributed by atoms with Gasteiger partial charge >= 0.3 is 0 Å². The van der Waals surface area contributed by atoms with E-state index in [1.807, 2.05) is 45.0 Å². The number of likely N-dealkylation sites (tertiary alicyclic amines) is 1. The van der Waals surface area contributed by atoms with E-state index < -0.39 is 30.0 Å². The molecule has 12 heteroatoms. The van der Waals surface area contributed by atoms with Gasteiger partial charge in [-0.3, -0.25) is 14.4 Å². The Kier molecular flexibility index (Phi) is 11.1. The second-order valence-corrected chi connectivity index (χ2v) is 12.3. The number of thiazole rings is 1. The molecule has 3 heterocycles. The lowest BCUT2D eigenvalue weighted by Gasteiger charge is -2.30. The molecule has 1 aliphatic rings. The topological polar surface area (TPSA) is 164 Å². The fraction of sp³-hybridized carbons (Fsp3) is 0.516. The number of carbonyl (C=O) groups excluding carboxylic acids is 3. The van der Waals surface area contributed by atoms with Gasteiger partial charge in [0.25, 0.3) is 0 Å². The van der Waals surface area contributed by atoms with Gasteiger partial charge in [0.2, 0.25) is 17.7 Å². The average molecular weight is 611 g/mol. The number of rotatable bonds is 13. The van der Waals surface area contributed by atoms with Gasteiger partial charge in [0, 0.05) is 25.6 Å². The molecule has 3 amide bonds. The standard InChI is InChI=1S/C31H42N6O5S/c1-18(2)28(26-13-19(3)36-42-26)31(41)37-16-23(38)14-25(37)30(40)35-24(15-27(39)33-12-6-5-11-32)21-7-9-22(10-8-21)29-20(4)34-17-43-29/h7-10,13,17-18,23-25,28,38H,5-6,11-12,14-16,32H2,1-4H3,(H,33,39)(H,35,40)/t23-,24+,25+,28-/m1/s1. The molecule has 5 N–H and O–H groups in total. The van der Waals surface area contributed by atoms with E-state index in [4.69, 9.17) is 10.3 Å². The molecule has 1 fully saturated rings. The van der Waals surface area contributed by atoms with Crippen molar-refractivity contribution in [1.82, 2.24) is 25.7 Å². The highest BCUT2D eigenvalue weighted by Crippen LogP contribution is 2.32. The molecule has 3 aromatic rings. The quantitative estimate of drug-likeness (QED) is 0.214. The van der Waals surface area contributed by atoms with Gasteiger partial charge in [-0.15, -0.1) is 11.3 Å². The Bertz CT molecular complexity index is 1390. The van der Waals surface area contributed by atoms with Crippen molar-refractivity contribution in [1.29, 1.82) is 0 Å². The summed E-state index contributed by atoms with van der Waals surface area (Å²) in [5, 5.41) is 20.4. The number of nitrogens with two attached hydrogens (primary N) is 1. The van der Waals surface area contributed by atoms with Crippen molar-refractivity contribution in [3.05, 3.63) is 58.6 Å². The highest BCUT2D eigenvalue weighted by atomic mass is 32.1. The first-order valence-corrected chi connectivity index (χ1v) is 15.7. The summed E-state index contributed by atoms with van der Waals surface area (Å²) in [7, 11) is 0. The third-order valence-corrected chi connectivity index (χ3v) is 8.71. The Morgan fingerprint density at radius 2 is 1.93 bits per heavy atom. The van der Waals surface area contributed by atoms with Gasteiger partial charge < -0.3 is 30.9 Å². The predicted molar refractivity (Wildman–Crippen MR) is 164 cm³/mol. The number of nitrogens with zero attached hydrogens (tertiary/aromatic N) is 3. The van der Waals surface area contributed by atoms with Gasteiger partial charge in [-0.2, -0.15) is 0 Å². The molecule has 0 bridgehead atoms. The van der Waals surface area contributed by atoms with Crippen LogP contribution >= 0.6 is 11.3 Å². The summed E-state index contributed by atoms with van der Waals surface area (Å²) in [6.07, 6.45) is 0.829. The normalized spacial score (nSPS) is 18.1.